The number of hydrogen-bond donors (Lipinski definition) is 2. The van der Waals surface area contributed by atoms with E-state index < -0.39 is 120 Å². The van der Waals surface area contributed by atoms with Crippen molar-refractivity contribution >= 4 is 41.8 Å². The molecule has 0 radical (unpaired) electrons. The average molecular weight is 781 g/mol. The van der Waals surface area contributed by atoms with Gasteiger partial charge in [-0.05, 0) is 36.5 Å². The van der Waals surface area contributed by atoms with Gasteiger partial charge >= 0.3 is 41.8 Å². The molecule has 0 aromatic carbocycles. The third-order valence-corrected chi connectivity index (χ3v) is 10.4. The van der Waals surface area contributed by atoms with E-state index in [9.17, 15) is 43.8 Å². The van der Waals surface area contributed by atoms with Gasteiger partial charge in [-0.25, -0.2) is 4.79 Å². The van der Waals surface area contributed by atoms with Gasteiger partial charge in [0.15, 0.2) is 36.6 Å². The van der Waals surface area contributed by atoms with Crippen LogP contribution in [0.5, 0.6) is 0 Å². The number of aliphatic hydroxyl groups is 2. The number of aliphatic hydroxyl groups excluding tert-OH is 1. The molecule has 0 bridgehead atoms. The Balaban J connectivity index is 2.09. The van der Waals surface area contributed by atoms with Crippen molar-refractivity contribution in [1.29, 1.82) is 0 Å². The van der Waals surface area contributed by atoms with E-state index in [-0.39, 0.29) is 36.9 Å². The van der Waals surface area contributed by atoms with Crippen molar-refractivity contribution < 1.29 is 81.7 Å². The molecule has 17 heteroatoms. The summed E-state index contributed by atoms with van der Waals surface area (Å²) in [5.74, 6) is -9.47. The third kappa shape index (κ3) is 8.88. The molecule has 55 heavy (non-hydrogen) atoms. The topological polar surface area (TPSA) is 237 Å². The van der Waals surface area contributed by atoms with Crippen LogP contribution in [0, 0.1) is 29.1 Å². The van der Waals surface area contributed by atoms with E-state index in [2.05, 4.69) is 0 Å². The minimum absolute atomic E-state index is 0.000802. The third-order valence-electron chi connectivity index (χ3n) is 10.4. The van der Waals surface area contributed by atoms with Gasteiger partial charge in [-0.1, -0.05) is 40.7 Å². The standard InChI is InChI=1S/C38H52O17/c1-18(2)12-27(43)48-16-29(45)53-25-11-10-24(15-39)14-26-38(47,20(5)35(46)54-26)34(52-23(8)42)31-36(25,9)32(50-21(6)40)30(55-28(44)13-19(3)4)33(51-22(7)41)37(31)17-49-37/h10-11,14,18-20,25-26,30-34,39,47H,12-13,15-17H2,1-9H3. The lowest BCUT2D eigenvalue weighted by Gasteiger charge is -2.59. The Bertz CT molecular complexity index is 1590. The maximum Gasteiger partial charge on any atom is 0.344 e. The summed E-state index contributed by atoms with van der Waals surface area (Å²) in [7, 11) is 0. The monoisotopic (exact) mass is 780 g/mol. The molecule has 11 unspecified atom stereocenters. The quantitative estimate of drug-likeness (QED) is 0.162. The second-order valence-electron chi connectivity index (χ2n) is 15.6. The van der Waals surface area contributed by atoms with Crippen molar-refractivity contribution in [2.24, 2.45) is 29.1 Å². The van der Waals surface area contributed by atoms with Gasteiger partial charge < -0.3 is 48.1 Å². The first kappa shape index (κ1) is 43.4. The zero-order valence-electron chi connectivity index (χ0n) is 32.6. The molecule has 3 fully saturated rings. The lowest BCUT2D eigenvalue weighted by molar-refractivity contribution is -0.279. The maximum absolute atomic E-state index is 13.6. The van der Waals surface area contributed by atoms with Crippen LogP contribution >= 0.6 is 0 Å². The van der Waals surface area contributed by atoms with Crippen LogP contribution in [0.2, 0.25) is 0 Å². The minimum atomic E-state index is -2.47. The number of hydrogen-bond acceptors (Lipinski definition) is 17. The van der Waals surface area contributed by atoms with Gasteiger partial charge in [0, 0.05) is 39.5 Å². The molecule has 306 valence electrons. The van der Waals surface area contributed by atoms with E-state index in [0.29, 0.717) is 0 Å². The Morgan fingerprint density at radius 1 is 0.836 bits per heavy atom. The van der Waals surface area contributed by atoms with Crippen molar-refractivity contribution in [3.8, 4) is 0 Å². The molecule has 4 aliphatic rings. The Morgan fingerprint density at radius 2 is 1.38 bits per heavy atom. The molecule has 17 nitrogen and oxygen atoms in total. The molecule has 0 aromatic rings. The molecule has 4 rings (SSSR count). The van der Waals surface area contributed by atoms with Gasteiger partial charge in [-0.15, -0.1) is 0 Å². The molecule has 2 aliphatic heterocycles. The highest BCUT2D eigenvalue weighted by Crippen LogP contribution is 2.63. The summed E-state index contributed by atoms with van der Waals surface area (Å²) in [6, 6.07) is 0. The van der Waals surface area contributed by atoms with E-state index in [1.807, 2.05) is 0 Å². The van der Waals surface area contributed by atoms with E-state index in [4.69, 9.17) is 37.9 Å². The van der Waals surface area contributed by atoms with Crippen molar-refractivity contribution in [3.05, 3.63) is 23.8 Å². The van der Waals surface area contributed by atoms with E-state index in [1.54, 1.807) is 27.7 Å². The number of rotatable bonds is 12. The summed E-state index contributed by atoms with van der Waals surface area (Å²) in [6.45, 7) is 11.2. The fourth-order valence-electron chi connectivity index (χ4n) is 7.98. The Morgan fingerprint density at radius 3 is 1.91 bits per heavy atom. The largest absolute Gasteiger partial charge is 0.459 e. The van der Waals surface area contributed by atoms with E-state index in [0.717, 1.165) is 20.8 Å². The predicted molar refractivity (Wildman–Crippen MR) is 185 cm³/mol. The molecule has 2 saturated heterocycles. The second kappa shape index (κ2) is 16.8. The molecule has 2 N–H and O–H groups in total. The number of carbonyl (C=O) groups excluding carboxylic acids is 7. The van der Waals surface area contributed by atoms with Gasteiger partial charge in [0.1, 0.15) is 17.8 Å². The summed E-state index contributed by atoms with van der Waals surface area (Å²) in [4.78, 5) is 91.8. The number of fused-ring (bicyclic) bond motifs is 3. The van der Waals surface area contributed by atoms with Gasteiger partial charge in [0.2, 0.25) is 0 Å². The zero-order chi connectivity index (χ0) is 41.2. The highest BCUT2D eigenvalue weighted by molar-refractivity contribution is 5.78. The Hall–Kier alpha value is -4.35. The van der Waals surface area contributed by atoms with Crippen LogP contribution in [0.25, 0.3) is 0 Å². The van der Waals surface area contributed by atoms with Crippen LogP contribution in [-0.4, -0.2) is 120 Å². The predicted octanol–water partition coefficient (Wildman–Crippen LogP) is 1.43. The molecule has 2 heterocycles. The fourth-order valence-corrected chi connectivity index (χ4v) is 7.98. The highest BCUT2D eigenvalue weighted by Gasteiger charge is 2.81. The summed E-state index contributed by atoms with van der Waals surface area (Å²) in [5.41, 5.74) is -6.27. The van der Waals surface area contributed by atoms with Gasteiger partial charge in [-0.2, -0.15) is 0 Å². The first-order valence-electron chi connectivity index (χ1n) is 18.2. The number of epoxide rings is 1. The lowest BCUT2D eigenvalue weighted by atomic mass is 9.51. The first-order valence-corrected chi connectivity index (χ1v) is 18.2. The van der Waals surface area contributed by atoms with Crippen molar-refractivity contribution in [1.82, 2.24) is 0 Å². The molecule has 11 atom stereocenters. The molecule has 1 spiro atoms. The van der Waals surface area contributed by atoms with Crippen molar-refractivity contribution in [2.45, 2.75) is 123 Å². The molecule has 2 aliphatic carbocycles. The summed E-state index contributed by atoms with van der Waals surface area (Å²) < 4.78 is 46.8. The van der Waals surface area contributed by atoms with Crippen molar-refractivity contribution in [2.75, 3.05) is 19.8 Å². The summed E-state index contributed by atoms with van der Waals surface area (Å²) >= 11 is 0. The fraction of sp³-hybridized carbons (Fsp3) is 0.711. The van der Waals surface area contributed by atoms with Crippen LogP contribution < -0.4 is 0 Å². The normalized spacial score (nSPS) is 35.1. The summed E-state index contributed by atoms with van der Waals surface area (Å²) in [6.07, 6.45) is -6.33. The van der Waals surface area contributed by atoms with Crippen molar-refractivity contribution in [3.63, 3.8) is 0 Å². The SMILES string of the molecule is CC(=O)OC1C(OC(=O)CC(C)C)C(OC(C)=O)C2(C)C(OC(=O)COC(=O)CC(C)C)C=CC(CO)=CC3OC(=O)C(C)C3(O)C(OC(C)=O)C2C12CO2. The zero-order valence-corrected chi connectivity index (χ0v) is 32.6. The van der Waals surface area contributed by atoms with Gasteiger partial charge in [0.25, 0.3) is 0 Å². The maximum atomic E-state index is 13.6. The van der Waals surface area contributed by atoms with E-state index >= 15 is 0 Å². The number of esters is 7. The lowest BCUT2D eigenvalue weighted by Crippen LogP contribution is -2.76. The molecular weight excluding hydrogens is 728 g/mol. The van der Waals surface area contributed by atoms with Crippen LogP contribution in [0.3, 0.4) is 0 Å². The smallest absolute Gasteiger partial charge is 0.344 e. The van der Waals surface area contributed by atoms with Gasteiger partial charge in [-0.3, -0.25) is 28.8 Å². The van der Waals surface area contributed by atoms with Crippen LogP contribution in [0.4, 0.5) is 0 Å². The molecule has 1 saturated carbocycles. The average Bonchev–Trinajstić information content (AvgIpc) is 3.82. The number of carbonyl (C=O) groups is 7. The second-order valence-corrected chi connectivity index (χ2v) is 15.6. The molecule has 0 amide bonds. The van der Waals surface area contributed by atoms with Crippen LogP contribution in [0.15, 0.2) is 23.8 Å². The highest BCUT2D eigenvalue weighted by atomic mass is 16.7. The first-order chi connectivity index (χ1) is 25.6. The Labute approximate surface area is 318 Å². The van der Waals surface area contributed by atoms with Crippen LogP contribution in [0.1, 0.15) is 75.2 Å². The number of ether oxygens (including phenoxy) is 8. The summed E-state index contributed by atoms with van der Waals surface area (Å²) in [5, 5.41) is 23.3. The molecule has 0 aromatic heterocycles. The van der Waals surface area contributed by atoms with Crippen LogP contribution in [-0.2, 0) is 71.5 Å². The minimum Gasteiger partial charge on any atom is -0.459 e. The van der Waals surface area contributed by atoms with Gasteiger partial charge in [0.05, 0.1) is 24.5 Å². The van der Waals surface area contributed by atoms with E-state index in [1.165, 1.54) is 32.1 Å². The Kier molecular flexibility index (Phi) is 13.2. The molecular formula is C38H52O17.